The molecule has 0 bridgehead atoms. The van der Waals surface area contributed by atoms with Gasteiger partial charge in [0.25, 0.3) is 0 Å². The standard InChI is InChI=1S/C21H19N3O2/c1-26-20(25)21(14-18(21)16-8-4-2-5-9-16)23-19(24-13-12-22-15-24)17-10-6-3-7-11-17/h2-13,15,18H,14H2,1H3/t18-,21-/m0/s1. The zero-order valence-electron chi connectivity index (χ0n) is 14.4. The van der Waals surface area contributed by atoms with Crippen molar-refractivity contribution in [3.05, 3.63) is 90.5 Å². The van der Waals surface area contributed by atoms with Gasteiger partial charge in [0.05, 0.1) is 7.11 Å². The summed E-state index contributed by atoms with van der Waals surface area (Å²) in [6.07, 6.45) is 5.85. The number of hydrogen-bond donors (Lipinski definition) is 0. The van der Waals surface area contributed by atoms with Crippen LogP contribution in [0.4, 0.5) is 0 Å². The van der Waals surface area contributed by atoms with E-state index in [9.17, 15) is 4.79 Å². The van der Waals surface area contributed by atoms with Gasteiger partial charge in [-0.05, 0) is 12.0 Å². The molecule has 26 heavy (non-hydrogen) atoms. The highest BCUT2D eigenvalue weighted by atomic mass is 16.5. The lowest BCUT2D eigenvalue weighted by atomic mass is 10.1. The van der Waals surface area contributed by atoms with Crippen LogP contribution in [0.5, 0.6) is 0 Å². The summed E-state index contributed by atoms with van der Waals surface area (Å²) in [5.41, 5.74) is 1.12. The first-order chi connectivity index (χ1) is 12.7. The Morgan fingerprint density at radius 3 is 2.46 bits per heavy atom. The SMILES string of the molecule is COC(=O)[C@]1(N=C(c2ccccc2)n2ccnc2)C[C@H]1c1ccccc1. The maximum Gasteiger partial charge on any atom is 0.334 e. The van der Waals surface area contributed by atoms with Gasteiger partial charge < -0.3 is 4.74 Å². The molecule has 5 nitrogen and oxygen atoms in total. The van der Waals surface area contributed by atoms with Crippen molar-refractivity contribution in [2.45, 2.75) is 17.9 Å². The molecule has 1 heterocycles. The zero-order chi connectivity index (χ0) is 18.0. The third-order valence-electron chi connectivity index (χ3n) is 4.76. The minimum absolute atomic E-state index is 0.0124. The number of esters is 1. The van der Waals surface area contributed by atoms with E-state index in [0.29, 0.717) is 12.3 Å². The number of carbonyl (C=O) groups excluding carboxylic acids is 1. The summed E-state index contributed by atoms with van der Waals surface area (Å²) >= 11 is 0. The van der Waals surface area contributed by atoms with Crippen molar-refractivity contribution in [2.24, 2.45) is 4.99 Å². The number of benzene rings is 2. The van der Waals surface area contributed by atoms with Crippen molar-refractivity contribution in [1.82, 2.24) is 9.55 Å². The number of aliphatic imine (C=N–C) groups is 1. The van der Waals surface area contributed by atoms with Crippen LogP contribution in [-0.2, 0) is 9.53 Å². The van der Waals surface area contributed by atoms with Crippen LogP contribution in [0.25, 0.3) is 0 Å². The third-order valence-corrected chi connectivity index (χ3v) is 4.76. The molecule has 0 unspecified atom stereocenters. The van der Waals surface area contributed by atoms with Crippen LogP contribution in [0.15, 0.2) is 84.4 Å². The van der Waals surface area contributed by atoms with Crippen molar-refractivity contribution in [3.8, 4) is 0 Å². The summed E-state index contributed by atoms with van der Waals surface area (Å²) in [5.74, 6) is 0.394. The van der Waals surface area contributed by atoms with E-state index in [2.05, 4.69) is 4.98 Å². The average Bonchev–Trinajstić information content (AvgIpc) is 3.18. The van der Waals surface area contributed by atoms with Crippen LogP contribution in [-0.4, -0.2) is 34.0 Å². The number of carbonyl (C=O) groups is 1. The molecule has 1 saturated carbocycles. The average molecular weight is 345 g/mol. The molecule has 1 fully saturated rings. The molecule has 2 aromatic carbocycles. The number of rotatable bonds is 4. The quantitative estimate of drug-likeness (QED) is 0.414. The van der Waals surface area contributed by atoms with Crippen molar-refractivity contribution < 1.29 is 9.53 Å². The molecule has 0 spiro atoms. The predicted molar refractivity (Wildman–Crippen MR) is 99.2 cm³/mol. The molecule has 0 aliphatic heterocycles. The Balaban J connectivity index is 1.82. The largest absolute Gasteiger partial charge is 0.467 e. The van der Waals surface area contributed by atoms with Crippen molar-refractivity contribution >= 4 is 11.8 Å². The summed E-state index contributed by atoms with van der Waals surface area (Å²) in [4.78, 5) is 21.7. The van der Waals surface area contributed by atoms with Crippen molar-refractivity contribution in [3.63, 3.8) is 0 Å². The van der Waals surface area contributed by atoms with Gasteiger partial charge in [0, 0.05) is 23.9 Å². The van der Waals surface area contributed by atoms with Gasteiger partial charge in [0.1, 0.15) is 12.2 Å². The predicted octanol–water partition coefficient (Wildman–Crippen LogP) is 3.28. The molecular formula is C21H19N3O2. The van der Waals surface area contributed by atoms with E-state index >= 15 is 0 Å². The molecule has 2 atom stereocenters. The Hall–Kier alpha value is -3.21. The van der Waals surface area contributed by atoms with Gasteiger partial charge in [0.15, 0.2) is 5.54 Å². The molecule has 0 radical (unpaired) electrons. The molecule has 0 amide bonds. The number of hydrogen-bond acceptors (Lipinski definition) is 4. The Morgan fingerprint density at radius 2 is 1.85 bits per heavy atom. The van der Waals surface area contributed by atoms with Gasteiger partial charge >= 0.3 is 5.97 Å². The fourth-order valence-corrected chi connectivity index (χ4v) is 3.33. The van der Waals surface area contributed by atoms with Crippen LogP contribution in [0.3, 0.4) is 0 Å². The summed E-state index contributed by atoms with van der Waals surface area (Å²) in [5, 5.41) is 0. The Morgan fingerprint density at radius 1 is 1.15 bits per heavy atom. The monoisotopic (exact) mass is 345 g/mol. The Bertz CT molecular complexity index is 920. The summed E-state index contributed by atoms with van der Waals surface area (Å²) in [7, 11) is 1.42. The summed E-state index contributed by atoms with van der Waals surface area (Å²) in [6, 6.07) is 19.8. The molecule has 1 aromatic heterocycles. The first kappa shape index (κ1) is 16.3. The maximum atomic E-state index is 12.7. The van der Waals surface area contributed by atoms with Gasteiger partial charge in [0.2, 0.25) is 0 Å². The van der Waals surface area contributed by atoms with Crippen LogP contribution in [0.2, 0.25) is 0 Å². The van der Waals surface area contributed by atoms with Crippen molar-refractivity contribution in [2.75, 3.05) is 7.11 Å². The minimum atomic E-state index is -0.897. The fraction of sp³-hybridized carbons (Fsp3) is 0.190. The Labute approximate surface area is 152 Å². The van der Waals surface area contributed by atoms with E-state index in [4.69, 9.17) is 9.73 Å². The number of aromatic nitrogens is 2. The van der Waals surface area contributed by atoms with Crippen LogP contribution in [0, 0.1) is 0 Å². The molecule has 4 rings (SSSR count). The van der Waals surface area contributed by atoms with Crippen LogP contribution >= 0.6 is 0 Å². The van der Waals surface area contributed by atoms with E-state index in [1.807, 2.05) is 71.4 Å². The van der Waals surface area contributed by atoms with E-state index in [0.717, 1.165) is 11.1 Å². The smallest absolute Gasteiger partial charge is 0.334 e. The minimum Gasteiger partial charge on any atom is -0.467 e. The fourth-order valence-electron chi connectivity index (χ4n) is 3.33. The highest BCUT2D eigenvalue weighted by molar-refractivity contribution is 6.03. The lowest BCUT2D eigenvalue weighted by molar-refractivity contribution is -0.143. The lowest BCUT2D eigenvalue weighted by Crippen LogP contribution is -2.28. The summed E-state index contributed by atoms with van der Waals surface area (Å²) in [6.45, 7) is 0. The van der Waals surface area contributed by atoms with Gasteiger partial charge in [-0.1, -0.05) is 60.7 Å². The molecule has 1 aliphatic rings. The van der Waals surface area contributed by atoms with E-state index in [1.165, 1.54) is 7.11 Å². The van der Waals surface area contributed by atoms with Gasteiger partial charge in [-0.25, -0.2) is 14.8 Å². The van der Waals surface area contributed by atoms with Gasteiger partial charge in [-0.2, -0.15) is 0 Å². The highest BCUT2D eigenvalue weighted by Gasteiger charge is 2.62. The molecule has 130 valence electrons. The number of imidazole rings is 1. The number of nitrogens with zero attached hydrogens (tertiary/aromatic N) is 3. The summed E-state index contributed by atoms with van der Waals surface area (Å²) < 4.78 is 6.95. The molecule has 0 N–H and O–H groups in total. The number of ether oxygens (including phenoxy) is 1. The Kier molecular flexibility index (Phi) is 4.13. The normalized spacial score (nSPS) is 22.0. The van der Waals surface area contributed by atoms with Crippen LogP contribution < -0.4 is 0 Å². The molecule has 0 saturated heterocycles. The third kappa shape index (κ3) is 2.81. The van der Waals surface area contributed by atoms with Crippen molar-refractivity contribution in [1.29, 1.82) is 0 Å². The van der Waals surface area contributed by atoms with E-state index < -0.39 is 5.54 Å². The molecule has 1 aliphatic carbocycles. The molecule has 5 heteroatoms. The first-order valence-electron chi connectivity index (χ1n) is 8.51. The van der Waals surface area contributed by atoms with Gasteiger partial charge in [-0.15, -0.1) is 0 Å². The zero-order valence-corrected chi connectivity index (χ0v) is 14.4. The lowest BCUT2D eigenvalue weighted by Gasteiger charge is -2.15. The topological polar surface area (TPSA) is 56.5 Å². The first-order valence-corrected chi connectivity index (χ1v) is 8.51. The molecular weight excluding hydrogens is 326 g/mol. The van der Waals surface area contributed by atoms with Gasteiger partial charge in [-0.3, -0.25) is 4.57 Å². The van der Waals surface area contributed by atoms with Crippen LogP contribution in [0.1, 0.15) is 23.5 Å². The second-order valence-electron chi connectivity index (χ2n) is 6.35. The second kappa shape index (κ2) is 6.59. The highest BCUT2D eigenvalue weighted by Crippen LogP contribution is 2.55. The molecule has 3 aromatic rings. The second-order valence-corrected chi connectivity index (χ2v) is 6.35. The number of methoxy groups -OCH3 is 1. The maximum absolute atomic E-state index is 12.7. The van der Waals surface area contributed by atoms with E-state index in [-0.39, 0.29) is 11.9 Å². The van der Waals surface area contributed by atoms with E-state index in [1.54, 1.807) is 12.5 Å².